The van der Waals surface area contributed by atoms with Crippen molar-refractivity contribution in [2.45, 2.75) is 32.5 Å². The second-order valence-corrected chi connectivity index (χ2v) is 10.8. The molecule has 1 saturated heterocycles. The van der Waals surface area contributed by atoms with Crippen LogP contribution in [0.25, 0.3) is 0 Å². The summed E-state index contributed by atoms with van der Waals surface area (Å²) in [5.74, 6) is -1.23. The molecular formula is C33H35F5N7O2+. The molecule has 4 aromatic rings. The number of aryl methyl sites for hydroxylation is 1. The summed E-state index contributed by atoms with van der Waals surface area (Å²) in [7, 11) is 0. The van der Waals surface area contributed by atoms with Crippen LogP contribution in [0.4, 0.5) is 39.1 Å². The molecule has 0 aliphatic carbocycles. The first-order chi connectivity index (χ1) is 22.6. The third kappa shape index (κ3) is 8.57. The van der Waals surface area contributed by atoms with E-state index in [-0.39, 0.29) is 47.5 Å². The van der Waals surface area contributed by atoms with Crippen LogP contribution in [0, 0.1) is 11.6 Å². The van der Waals surface area contributed by atoms with E-state index >= 15 is 0 Å². The van der Waals surface area contributed by atoms with Gasteiger partial charge in [-0.1, -0.05) is 12.1 Å². The number of hydrogen-bond acceptors (Lipinski definition) is 8. The highest BCUT2D eigenvalue weighted by molar-refractivity contribution is 6.10. The molecule has 2 aromatic heterocycles. The van der Waals surface area contributed by atoms with Gasteiger partial charge in [-0.25, -0.2) is 18.7 Å². The number of rotatable bonds is 13. The second-order valence-electron chi connectivity index (χ2n) is 10.8. The minimum atomic E-state index is -4.65. The molecule has 5 rings (SSSR count). The number of para-hydroxylation sites is 1. The first kappa shape index (κ1) is 33.7. The molecule has 4 N–H and O–H groups in total. The van der Waals surface area contributed by atoms with Gasteiger partial charge in [-0.3, -0.25) is 15.3 Å². The molecule has 1 aliphatic heterocycles. The van der Waals surface area contributed by atoms with Gasteiger partial charge < -0.3 is 20.1 Å². The van der Waals surface area contributed by atoms with Crippen LogP contribution in [0.2, 0.25) is 0 Å². The maximum absolute atomic E-state index is 14.7. The van der Waals surface area contributed by atoms with Crippen LogP contribution in [0.3, 0.4) is 0 Å². The van der Waals surface area contributed by atoms with Crippen molar-refractivity contribution < 1.29 is 36.8 Å². The van der Waals surface area contributed by atoms with Crippen molar-refractivity contribution in [3.63, 3.8) is 0 Å². The Bertz CT molecular complexity index is 1670. The average molecular weight is 657 g/mol. The van der Waals surface area contributed by atoms with E-state index in [1.54, 1.807) is 37.4 Å². The quantitative estimate of drug-likeness (QED) is 0.139. The predicted octanol–water partition coefficient (Wildman–Crippen LogP) is 4.78. The molecule has 1 fully saturated rings. The molecule has 2 aromatic carbocycles. The zero-order chi connectivity index (χ0) is 33.4. The zero-order valence-corrected chi connectivity index (χ0v) is 25.7. The summed E-state index contributed by atoms with van der Waals surface area (Å²) in [5, 5.41) is 12.4. The molecule has 1 aliphatic rings. The number of aromatic nitrogens is 3. The minimum absolute atomic E-state index is 0.0553. The number of nitrogens with zero attached hydrogens (tertiary/aromatic N) is 4. The minimum Gasteiger partial charge on any atom is -0.494 e. The van der Waals surface area contributed by atoms with Crippen LogP contribution in [0.5, 0.6) is 5.75 Å². The van der Waals surface area contributed by atoms with E-state index in [0.29, 0.717) is 42.9 Å². The van der Waals surface area contributed by atoms with Crippen molar-refractivity contribution in [2.75, 3.05) is 50.1 Å². The summed E-state index contributed by atoms with van der Waals surface area (Å²) in [6.45, 7) is 5.48. The maximum atomic E-state index is 14.7. The van der Waals surface area contributed by atoms with E-state index in [4.69, 9.17) is 14.9 Å². The number of nitrogens with one attached hydrogen (secondary N) is 2. The smallest absolute Gasteiger partial charge is 0.419 e. The summed E-state index contributed by atoms with van der Waals surface area (Å²) >= 11 is 0. The van der Waals surface area contributed by atoms with Crippen LogP contribution in [0.15, 0.2) is 61.1 Å². The Hall–Kier alpha value is -4.69. The number of hydrogen-bond donors (Lipinski definition) is 3. The van der Waals surface area contributed by atoms with Crippen molar-refractivity contribution >= 4 is 22.9 Å². The molecular weight excluding hydrogens is 621 g/mol. The molecule has 0 amide bonds. The number of nitrogens with two attached hydrogens (primary N) is 1. The van der Waals surface area contributed by atoms with Crippen molar-refractivity contribution in [3.8, 4) is 5.75 Å². The summed E-state index contributed by atoms with van der Waals surface area (Å²) in [5.41, 5.74) is 0.237. The number of pyridine rings is 1. The molecule has 47 heavy (non-hydrogen) atoms. The highest BCUT2D eigenvalue weighted by Crippen LogP contribution is 2.35. The van der Waals surface area contributed by atoms with Gasteiger partial charge in [0.15, 0.2) is 0 Å². The van der Waals surface area contributed by atoms with E-state index in [0.717, 1.165) is 38.0 Å². The fourth-order valence-corrected chi connectivity index (χ4v) is 5.18. The molecule has 3 heterocycles. The van der Waals surface area contributed by atoms with Gasteiger partial charge in [0.05, 0.1) is 36.6 Å². The maximum Gasteiger partial charge on any atom is 0.419 e. The first-order valence-corrected chi connectivity index (χ1v) is 15.1. The summed E-state index contributed by atoms with van der Waals surface area (Å²) in [6.07, 6.45) is 0.109. The predicted molar refractivity (Wildman–Crippen MR) is 167 cm³/mol. The van der Waals surface area contributed by atoms with Crippen LogP contribution in [0.1, 0.15) is 41.4 Å². The van der Waals surface area contributed by atoms with Gasteiger partial charge in [0, 0.05) is 67.2 Å². The van der Waals surface area contributed by atoms with Gasteiger partial charge in [0.2, 0.25) is 5.82 Å². The zero-order valence-electron chi connectivity index (χ0n) is 25.7. The molecule has 14 heteroatoms. The number of anilines is 3. The van der Waals surface area contributed by atoms with Crippen molar-refractivity contribution in [1.29, 1.82) is 0 Å². The fourth-order valence-electron chi connectivity index (χ4n) is 5.18. The molecule has 0 saturated carbocycles. The number of halogens is 5. The molecule has 0 atom stereocenters. The molecule has 248 valence electrons. The Morgan fingerprint density at radius 3 is 2.51 bits per heavy atom. The Morgan fingerprint density at radius 1 is 1.04 bits per heavy atom. The normalized spacial score (nSPS) is 13.7. The summed E-state index contributed by atoms with van der Waals surface area (Å²) in [6, 6.07) is 10.3. The highest BCUT2D eigenvalue weighted by Gasteiger charge is 2.34. The van der Waals surface area contributed by atoms with Crippen LogP contribution in [-0.2, 0) is 23.9 Å². The lowest BCUT2D eigenvalue weighted by molar-refractivity contribution is -0.137. The third-order valence-corrected chi connectivity index (χ3v) is 7.61. The van der Waals surface area contributed by atoms with Crippen LogP contribution < -0.4 is 20.8 Å². The van der Waals surface area contributed by atoms with Gasteiger partial charge in [0.25, 0.3) is 5.71 Å². The van der Waals surface area contributed by atoms with Crippen molar-refractivity contribution in [3.05, 3.63) is 101 Å². The lowest BCUT2D eigenvalue weighted by atomic mass is 10.1. The van der Waals surface area contributed by atoms with Gasteiger partial charge in [-0.15, -0.1) is 0 Å². The molecule has 0 unspecified atom stereocenters. The monoisotopic (exact) mass is 656 g/mol. The summed E-state index contributed by atoms with van der Waals surface area (Å²) < 4.78 is 81.5. The van der Waals surface area contributed by atoms with Gasteiger partial charge in [-0.2, -0.15) is 13.2 Å². The van der Waals surface area contributed by atoms with Crippen molar-refractivity contribution in [1.82, 2.24) is 19.9 Å². The third-order valence-electron chi connectivity index (χ3n) is 7.61. The number of alkyl halides is 3. The van der Waals surface area contributed by atoms with Crippen molar-refractivity contribution in [2.24, 2.45) is 0 Å². The van der Waals surface area contributed by atoms with Gasteiger partial charge in [0.1, 0.15) is 23.2 Å². The lowest BCUT2D eigenvalue weighted by Crippen LogP contribution is -2.42. The Morgan fingerprint density at radius 2 is 1.79 bits per heavy atom. The Labute approximate surface area is 268 Å². The molecule has 9 nitrogen and oxygen atoms in total. The standard InChI is InChI=1S/C33H34F5N7O2/c1-2-47-22-16-26(34)24(27(35)17-22)19-41-28-8-4-3-7-23(28)30(39)32-42-18-21(6-5-11-45-12-14-46-15-13-45)31(44-32)43-29-9-10-40-20-25(29)33(36,37)38/h3-4,7-10,16-18,20,39,41H,2,5-6,11-15,19H2,1H3,(H,40,42,43,44)/p+1. The van der Waals surface area contributed by atoms with E-state index in [9.17, 15) is 22.0 Å². The van der Waals surface area contributed by atoms with Gasteiger partial charge in [-0.05, 0) is 44.5 Å². The van der Waals surface area contributed by atoms with E-state index in [1.807, 2.05) is 0 Å². The number of morpholine rings is 1. The molecule has 0 spiro atoms. The van der Waals surface area contributed by atoms with E-state index in [2.05, 4.69) is 30.5 Å². The topological polar surface area (TPSA) is 110 Å². The Balaban J connectivity index is 1.41. The number of benzene rings is 2. The van der Waals surface area contributed by atoms with E-state index in [1.165, 1.54) is 12.3 Å². The molecule has 0 radical (unpaired) electrons. The average Bonchev–Trinajstić information content (AvgIpc) is 3.05. The fraction of sp³-hybridized carbons (Fsp3) is 0.333. The van der Waals surface area contributed by atoms with Crippen LogP contribution in [-0.4, -0.2) is 65.0 Å². The molecule has 0 bridgehead atoms. The Kier molecular flexibility index (Phi) is 10.9. The second kappa shape index (κ2) is 15.3. The van der Waals surface area contributed by atoms with Gasteiger partial charge >= 0.3 is 6.18 Å². The number of ether oxygens (including phenoxy) is 2. The lowest BCUT2D eigenvalue weighted by Gasteiger charge is -2.26. The first-order valence-electron chi connectivity index (χ1n) is 15.1. The van der Waals surface area contributed by atoms with E-state index < -0.39 is 23.4 Å². The SMILES string of the molecule is CCOc1cc(F)c(CNc2ccccc2C(=[NH2+])c2ncc(CCCN3CCOCC3)c(Nc3ccncc3C(F)(F)F)n2)c(F)c1. The highest BCUT2D eigenvalue weighted by atomic mass is 19.4. The largest absolute Gasteiger partial charge is 0.494 e. The summed E-state index contributed by atoms with van der Waals surface area (Å²) in [4.78, 5) is 14.9. The van der Waals surface area contributed by atoms with Crippen LogP contribution >= 0.6 is 0 Å².